The monoisotopic (exact) mass is 270 g/mol. The normalized spacial score (nSPS) is 11.8. The van der Waals surface area contributed by atoms with E-state index in [9.17, 15) is 9.90 Å². The van der Waals surface area contributed by atoms with Gasteiger partial charge in [0.05, 0.1) is 0 Å². The fourth-order valence-corrected chi connectivity index (χ4v) is 2.08. The van der Waals surface area contributed by atoms with Gasteiger partial charge in [-0.25, -0.2) is 4.79 Å². The van der Waals surface area contributed by atoms with Crippen molar-refractivity contribution in [2.75, 3.05) is 5.32 Å². The minimum atomic E-state index is -0.874. The fourth-order valence-electron chi connectivity index (χ4n) is 2.08. The van der Waals surface area contributed by atoms with Crippen molar-refractivity contribution >= 4 is 11.7 Å². The van der Waals surface area contributed by atoms with Gasteiger partial charge in [0.15, 0.2) is 0 Å². The third kappa shape index (κ3) is 3.59. The number of rotatable bonds is 6. The van der Waals surface area contributed by atoms with Gasteiger partial charge < -0.3 is 16.2 Å². The van der Waals surface area contributed by atoms with Crippen LogP contribution in [0.3, 0.4) is 0 Å². The van der Waals surface area contributed by atoms with Crippen LogP contribution in [0.4, 0.5) is 5.69 Å². The van der Waals surface area contributed by atoms with Gasteiger partial charge in [-0.05, 0) is 17.2 Å². The van der Waals surface area contributed by atoms with Gasteiger partial charge in [0.25, 0.3) is 0 Å². The number of nitrogens with two attached hydrogens (primary N) is 1. The lowest BCUT2D eigenvalue weighted by atomic mass is 10.0. The summed E-state index contributed by atoms with van der Waals surface area (Å²) in [5.41, 5.74) is 8.34. The zero-order valence-corrected chi connectivity index (χ0v) is 11.1. The molecule has 0 aliphatic carbocycles. The summed E-state index contributed by atoms with van der Waals surface area (Å²) in [7, 11) is 0. The lowest BCUT2D eigenvalue weighted by Gasteiger charge is -2.18. The number of benzene rings is 2. The van der Waals surface area contributed by atoms with Gasteiger partial charge >= 0.3 is 5.97 Å². The molecule has 0 radical (unpaired) electrons. The second kappa shape index (κ2) is 6.73. The third-order valence-corrected chi connectivity index (χ3v) is 3.15. The predicted molar refractivity (Wildman–Crippen MR) is 79.5 cm³/mol. The first-order valence-corrected chi connectivity index (χ1v) is 6.52. The van der Waals surface area contributed by atoms with E-state index in [2.05, 4.69) is 5.32 Å². The molecule has 1 unspecified atom stereocenters. The van der Waals surface area contributed by atoms with Crippen LogP contribution in [-0.4, -0.2) is 17.1 Å². The Kier molecular flexibility index (Phi) is 4.74. The summed E-state index contributed by atoms with van der Waals surface area (Å²) < 4.78 is 0. The van der Waals surface area contributed by atoms with Gasteiger partial charge in [0, 0.05) is 18.7 Å². The molecule has 0 bridgehead atoms. The lowest BCUT2D eigenvalue weighted by Crippen LogP contribution is -2.32. The Morgan fingerprint density at radius 3 is 2.40 bits per heavy atom. The molecule has 0 aliphatic rings. The molecule has 4 heteroatoms. The smallest absolute Gasteiger partial charge is 0.326 e. The third-order valence-electron chi connectivity index (χ3n) is 3.15. The van der Waals surface area contributed by atoms with Crippen LogP contribution >= 0.6 is 0 Å². The van der Waals surface area contributed by atoms with E-state index in [0.717, 1.165) is 16.8 Å². The molecule has 0 saturated heterocycles. The van der Waals surface area contributed by atoms with E-state index in [1.807, 2.05) is 54.6 Å². The molecule has 0 fully saturated rings. The fraction of sp³-hybridized carbons (Fsp3) is 0.188. The maximum absolute atomic E-state index is 11.4. The second-order valence-electron chi connectivity index (χ2n) is 4.59. The Morgan fingerprint density at radius 2 is 1.75 bits per heavy atom. The van der Waals surface area contributed by atoms with Crippen molar-refractivity contribution in [1.82, 2.24) is 0 Å². The largest absolute Gasteiger partial charge is 0.480 e. The average molecular weight is 270 g/mol. The Hall–Kier alpha value is -2.33. The van der Waals surface area contributed by atoms with Crippen molar-refractivity contribution in [1.29, 1.82) is 0 Å². The molecule has 1 atom stereocenters. The zero-order chi connectivity index (χ0) is 14.4. The number of carboxylic acids is 1. The van der Waals surface area contributed by atoms with E-state index < -0.39 is 12.0 Å². The summed E-state index contributed by atoms with van der Waals surface area (Å²) >= 11 is 0. The lowest BCUT2D eigenvalue weighted by molar-refractivity contribution is -0.137. The summed E-state index contributed by atoms with van der Waals surface area (Å²) in [4.78, 5) is 11.4. The molecule has 2 rings (SSSR count). The number of hydrogen-bond acceptors (Lipinski definition) is 3. The molecule has 0 aliphatic heterocycles. The zero-order valence-electron chi connectivity index (χ0n) is 11.1. The van der Waals surface area contributed by atoms with E-state index in [1.54, 1.807) is 0 Å². The molecule has 0 amide bonds. The molecule has 4 nitrogen and oxygen atoms in total. The second-order valence-corrected chi connectivity index (χ2v) is 4.59. The first-order chi connectivity index (χ1) is 9.70. The Bertz CT molecular complexity index is 570. The van der Waals surface area contributed by atoms with Gasteiger partial charge in [0.1, 0.15) is 6.04 Å². The molecular weight excluding hydrogens is 252 g/mol. The number of carboxylic acid groups (broad SMARTS) is 1. The highest BCUT2D eigenvalue weighted by molar-refractivity contribution is 5.78. The molecule has 0 spiro atoms. The van der Waals surface area contributed by atoms with Crippen LogP contribution in [0.25, 0.3) is 0 Å². The maximum atomic E-state index is 11.4. The summed E-state index contributed by atoms with van der Waals surface area (Å²) in [5, 5.41) is 12.4. The number of hydrogen-bond donors (Lipinski definition) is 3. The molecule has 0 aromatic heterocycles. The minimum absolute atomic E-state index is 0.376. The minimum Gasteiger partial charge on any atom is -0.480 e. The highest BCUT2D eigenvalue weighted by atomic mass is 16.4. The van der Waals surface area contributed by atoms with Crippen LogP contribution in [0.5, 0.6) is 0 Å². The summed E-state index contributed by atoms with van der Waals surface area (Å²) in [6, 6.07) is 16.4. The number of para-hydroxylation sites is 1. The first-order valence-electron chi connectivity index (χ1n) is 6.52. The topological polar surface area (TPSA) is 75.3 Å². The molecule has 0 heterocycles. The van der Waals surface area contributed by atoms with Crippen LogP contribution in [0.2, 0.25) is 0 Å². The summed E-state index contributed by atoms with van der Waals surface area (Å²) in [6.45, 7) is 0.376. The van der Waals surface area contributed by atoms with Gasteiger partial charge in [-0.1, -0.05) is 48.5 Å². The molecule has 2 aromatic carbocycles. The van der Waals surface area contributed by atoms with Crippen LogP contribution in [-0.2, 0) is 17.8 Å². The van der Waals surface area contributed by atoms with Crippen LogP contribution in [0, 0.1) is 0 Å². The molecule has 104 valence electrons. The van der Waals surface area contributed by atoms with Crippen molar-refractivity contribution < 1.29 is 9.90 Å². The SMILES string of the molecule is NCc1ccccc1NC(Cc1ccccc1)C(=O)O. The predicted octanol–water partition coefficient (Wildman–Crippen LogP) is 2.25. The standard InChI is InChI=1S/C16H18N2O2/c17-11-13-8-4-5-9-14(13)18-15(16(19)20)10-12-6-2-1-3-7-12/h1-9,15,18H,10-11,17H2,(H,19,20). The number of nitrogens with one attached hydrogen (secondary N) is 1. The van der Waals surface area contributed by atoms with Crippen molar-refractivity contribution in [3.8, 4) is 0 Å². The van der Waals surface area contributed by atoms with Crippen molar-refractivity contribution in [3.63, 3.8) is 0 Å². The van der Waals surface area contributed by atoms with Crippen LogP contribution in [0.1, 0.15) is 11.1 Å². The molecule has 4 N–H and O–H groups in total. The highest BCUT2D eigenvalue weighted by Gasteiger charge is 2.18. The Morgan fingerprint density at radius 1 is 1.10 bits per heavy atom. The van der Waals surface area contributed by atoms with E-state index in [0.29, 0.717) is 13.0 Å². The van der Waals surface area contributed by atoms with Crippen molar-refractivity contribution in [2.24, 2.45) is 5.73 Å². The van der Waals surface area contributed by atoms with Crippen molar-refractivity contribution in [3.05, 3.63) is 65.7 Å². The molecule has 2 aromatic rings. The van der Waals surface area contributed by atoms with Gasteiger partial charge in [-0.15, -0.1) is 0 Å². The average Bonchev–Trinajstić information content (AvgIpc) is 2.48. The van der Waals surface area contributed by atoms with Gasteiger partial charge in [0.2, 0.25) is 0 Å². The first kappa shape index (κ1) is 14.1. The quantitative estimate of drug-likeness (QED) is 0.752. The summed E-state index contributed by atoms with van der Waals surface area (Å²) in [5.74, 6) is -0.874. The van der Waals surface area contributed by atoms with Crippen molar-refractivity contribution in [2.45, 2.75) is 19.0 Å². The number of aliphatic carboxylic acids is 1. The molecule has 0 saturated carbocycles. The molecular formula is C16H18N2O2. The van der Waals surface area contributed by atoms with E-state index in [-0.39, 0.29) is 0 Å². The summed E-state index contributed by atoms with van der Waals surface area (Å²) in [6.07, 6.45) is 0.426. The van der Waals surface area contributed by atoms with Gasteiger partial charge in [-0.3, -0.25) is 0 Å². The van der Waals surface area contributed by atoms with E-state index >= 15 is 0 Å². The van der Waals surface area contributed by atoms with Crippen LogP contribution < -0.4 is 11.1 Å². The van der Waals surface area contributed by atoms with E-state index in [4.69, 9.17) is 5.73 Å². The number of anilines is 1. The highest BCUT2D eigenvalue weighted by Crippen LogP contribution is 2.17. The number of carbonyl (C=O) groups is 1. The van der Waals surface area contributed by atoms with Gasteiger partial charge in [-0.2, -0.15) is 0 Å². The van der Waals surface area contributed by atoms with Crippen LogP contribution in [0.15, 0.2) is 54.6 Å². The Labute approximate surface area is 118 Å². The van der Waals surface area contributed by atoms with E-state index in [1.165, 1.54) is 0 Å². The maximum Gasteiger partial charge on any atom is 0.326 e. The molecule has 20 heavy (non-hydrogen) atoms. The Balaban J connectivity index is 2.16.